The van der Waals surface area contributed by atoms with E-state index < -0.39 is 18.1 Å². The first-order chi connectivity index (χ1) is 5.52. The summed E-state index contributed by atoms with van der Waals surface area (Å²) in [7, 11) is 0. The minimum Gasteiger partial charge on any atom is -0.480 e. The number of β-amino-alcohol motifs (C(OH)–C–C–N with tert-alkyl or cyclic N) is 1. The van der Waals surface area contributed by atoms with Crippen LogP contribution in [0.3, 0.4) is 0 Å². The van der Waals surface area contributed by atoms with Crippen molar-refractivity contribution in [3.8, 4) is 0 Å². The number of carboxylic acid groups (broad SMARTS) is 1. The normalized spacial score (nSPS) is 28.9. The molecule has 0 bridgehead atoms. The van der Waals surface area contributed by atoms with E-state index >= 15 is 0 Å². The Morgan fingerprint density at radius 1 is 1.67 bits per heavy atom. The van der Waals surface area contributed by atoms with Gasteiger partial charge in [0.1, 0.15) is 6.04 Å². The molecule has 0 amide bonds. The van der Waals surface area contributed by atoms with Gasteiger partial charge in [0.2, 0.25) is 0 Å². The predicted octanol–water partition coefficient (Wildman–Crippen LogP) is -1.60. The zero-order chi connectivity index (χ0) is 9.30. The van der Waals surface area contributed by atoms with Crippen LogP contribution in [-0.4, -0.2) is 45.7 Å². The van der Waals surface area contributed by atoms with Crippen LogP contribution in [0.25, 0.3) is 0 Å². The van der Waals surface area contributed by atoms with Crippen molar-refractivity contribution in [2.75, 3.05) is 6.54 Å². The van der Waals surface area contributed by atoms with Crippen LogP contribution in [0, 0.1) is 5.41 Å². The SMILES string of the molecule is N=C(N)N1C[C@@H](O)C[C@@H]1C(=O)O. The predicted molar refractivity (Wildman–Crippen MR) is 40.7 cm³/mol. The maximum Gasteiger partial charge on any atom is 0.326 e. The smallest absolute Gasteiger partial charge is 0.326 e. The summed E-state index contributed by atoms with van der Waals surface area (Å²) in [6, 6.07) is -0.850. The van der Waals surface area contributed by atoms with Gasteiger partial charge in [0.05, 0.1) is 6.10 Å². The van der Waals surface area contributed by atoms with Crippen LogP contribution >= 0.6 is 0 Å². The zero-order valence-electron chi connectivity index (χ0n) is 6.40. The Morgan fingerprint density at radius 3 is 2.58 bits per heavy atom. The molecule has 1 saturated heterocycles. The van der Waals surface area contributed by atoms with E-state index in [-0.39, 0.29) is 18.9 Å². The first-order valence-electron chi connectivity index (χ1n) is 3.54. The molecule has 1 heterocycles. The third-order valence-electron chi connectivity index (χ3n) is 1.87. The lowest BCUT2D eigenvalue weighted by Gasteiger charge is -2.20. The van der Waals surface area contributed by atoms with Gasteiger partial charge in [-0.3, -0.25) is 5.41 Å². The minimum absolute atomic E-state index is 0.131. The molecule has 0 aromatic carbocycles. The zero-order valence-corrected chi connectivity index (χ0v) is 6.40. The van der Waals surface area contributed by atoms with Crippen LogP contribution in [0.5, 0.6) is 0 Å². The molecule has 0 radical (unpaired) electrons. The van der Waals surface area contributed by atoms with E-state index in [1.54, 1.807) is 0 Å². The number of nitrogens with zero attached hydrogens (tertiary/aromatic N) is 1. The van der Waals surface area contributed by atoms with Crippen LogP contribution < -0.4 is 5.73 Å². The van der Waals surface area contributed by atoms with Crippen molar-refractivity contribution in [1.29, 1.82) is 5.41 Å². The van der Waals surface area contributed by atoms with E-state index in [9.17, 15) is 4.79 Å². The average Bonchev–Trinajstić information content (AvgIpc) is 2.31. The number of nitrogens with one attached hydrogen (secondary N) is 1. The van der Waals surface area contributed by atoms with Crippen LogP contribution in [0.2, 0.25) is 0 Å². The van der Waals surface area contributed by atoms with Gasteiger partial charge in [-0.25, -0.2) is 4.79 Å². The number of aliphatic hydroxyl groups excluding tert-OH is 1. The molecule has 12 heavy (non-hydrogen) atoms. The van der Waals surface area contributed by atoms with Crippen molar-refractivity contribution in [1.82, 2.24) is 4.90 Å². The third kappa shape index (κ3) is 1.48. The monoisotopic (exact) mass is 173 g/mol. The van der Waals surface area contributed by atoms with E-state index in [4.69, 9.17) is 21.4 Å². The Kier molecular flexibility index (Phi) is 2.18. The summed E-state index contributed by atoms with van der Waals surface area (Å²) in [6.07, 6.45) is -0.565. The molecule has 1 fully saturated rings. The first kappa shape index (κ1) is 8.79. The van der Waals surface area contributed by atoms with Gasteiger partial charge < -0.3 is 20.8 Å². The standard InChI is InChI=1S/C6H11N3O3/c7-6(8)9-2-3(10)1-4(9)5(11)12/h3-4,10H,1-2H2,(H3,7,8)(H,11,12)/t3-,4+/m0/s1. The molecular weight excluding hydrogens is 162 g/mol. The molecule has 0 unspecified atom stereocenters. The molecule has 1 aliphatic heterocycles. The quantitative estimate of drug-likeness (QED) is 0.282. The van der Waals surface area contributed by atoms with Crippen molar-refractivity contribution in [3.63, 3.8) is 0 Å². The summed E-state index contributed by atoms with van der Waals surface area (Å²) < 4.78 is 0. The number of likely N-dealkylation sites (tertiary alicyclic amines) is 1. The van der Waals surface area contributed by atoms with Gasteiger partial charge in [-0.15, -0.1) is 0 Å². The van der Waals surface area contributed by atoms with Gasteiger partial charge in [-0.05, 0) is 0 Å². The molecule has 2 atom stereocenters. The number of guanidine groups is 1. The van der Waals surface area contributed by atoms with Gasteiger partial charge >= 0.3 is 5.97 Å². The van der Waals surface area contributed by atoms with Crippen molar-refractivity contribution < 1.29 is 15.0 Å². The highest BCUT2D eigenvalue weighted by atomic mass is 16.4. The summed E-state index contributed by atoms with van der Waals surface area (Å²) in [5, 5.41) is 24.8. The molecule has 0 spiro atoms. The fourth-order valence-electron chi connectivity index (χ4n) is 1.31. The molecule has 6 nitrogen and oxygen atoms in total. The number of rotatable bonds is 1. The summed E-state index contributed by atoms with van der Waals surface area (Å²) in [6.45, 7) is 0.131. The van der Waals surface area contributed by atoms with Crippen LogP contribution in [0.15, 0.2) is 0 Å². The lowest BCUT2D eigenvalue weighted by molar-refractivity contribution is -0.141. The summed E-state index contributed by atoms with van der Waals surface area (Å²) in [4.78, 5) is 11.7. The largest absolute Gasteiger partial charge is 0.480 e. The molecule has 0 aromatic rings. The molecule has 68 valence electrons. The van der Waals surface area contributed by atoms with E-state index in [1.807, 2.05) is 0 Å². The molecule has 6 heteroatoms. The summed E-state index contributed by atoms with van der Waals surface area (Å²) in [5.41, 5.74) is 5.12. The fraction of sp³-hybridized carbons (Fsp3) is 0.667. The Morgan fingerprint density at radius 2 is 2.25 bits per heavy atom. The molecule has 0 aromatic heterocycles. The minimum atomic E-state index is -1.05. The van der Waals surface area contributed by atoms with Crippen molar-refractivity contribution in [3.05, 3.63) is 0 Å². The van der Waals surface area contributed by atoms with Crippen LogP contribution in [0.1, 0.15) is 6.42 Å². The van der Waals surface area contributed by atoms with E-state index in [1.165, 1.54) is 4.90 Å². The van der Waals surface area contributed by atoms with Gasteiger partial charge in [-0.2, -0.15) is 0 Å². The Labute approximate surface area is 69.1 Å². The molecule has 1 rings (SSSR count). The van der Waals surface area contributed by atoms with E-state index in [0.717, 1.165) is 0 Å². The Balaban J connectivity index is 2.72. The second kappa shape index (κ2) is 2.98. The van der Waals surface area contributed by atoms with Crippen LogP contribution in [0.4, 0.5) is 0 Å². The first-order valence-corrected chi connectivity index (χ1v) is 3.54. The van der Waals surface area contributed by atoms with Gasteiger partial charge in [0.25, 0.3) is 0 Å². The molecule has 1 aliphatic rings. The van der Waals surface area contributed by atoms with Gasteiger partial charge in [0.15, 0.2) is 5.96 Å². The topological polar surface area (TPSA) is 111 Å². The van der Waals surface area contributed by atoms with Gasteiger partial charge in [-0.1, -0.05) is 0 Å². The molecule has 5 N–H and O–H groups in total. The van der Waals surface area contributed by atoms with E-state index in [2.05, 4.69) is 0 Å². The number of aliphatic hydroxyl groups is 1. The highest BCUT2D eigenvalue weighted by Crippen LogP contribution is 2.16. The Bertz CT molecular complexity index is 196. The van der Waals surface area contributed by atoms with Crippen molar-refractivity contribution >= 4 is 11.9 Å². The molecule has 0 aliphatic carbocycles. The number of aliphatic carboxylic acids is 1. The molecular formula is C6H11N3O3. The summed E-state index contributed by atoms with van der Waals surface area (Å²) >= 11 is 0. The van der Waals surface area contributed by atoms with E-state index in [0.29, 0.717) is 0 Å². The lowest BCUT2D eigenvalue weighted by Crippen LogP contribution is -2.44. The third-order valence-corrected chi connectivity index (χ3v) is 1.87. The second-order valence-corrected chi connectivity index (χ2v) is 2.78. The van der Waals surface area contributed by atoms with Crippen LogP contribution in [-0.2, 0) is 4.79 Å². The fourth-order valence-corrected chi connectivity index (χ4v) is 1.31. The number of carboxylic acids is 1. The van der Waals surface area contributed by atoms with Crippen molar-refractivity contribution in [2.45, 2.75) is 18.6 Å². The number of hydrogen-bond donors (Lipinski definition) is 4. The highest BCUT2D eigenvalue weighted by Gasteiger charge is 2.36. The summed E-state index contributed by atoms with van der Waals surface area (Å²) in [5.74, 6) is -1.36. The maximum atomic E-state index is 10.6. The number of carbonyl (C=O) groups is 1. The number of nitrogens with two attached hydrogens (primary N) is 1. The van der Waals surface area contributed by atoms with Crippen molar-refractivity contribution in [2.24, 2.45) is 5.73 Å². The lowest BCUT2D eigenvalue weighted by atomic mass is 10.2. The molecule has 0 saturated carbocycles. The highest BCUT2D eigenvalue weighted by molar-refractivity contribution is 5.83. The maximum absolute atomic E-state index is 10.6. The second-order valence-electron chi connectivity index (χ2n) is 2.78. The van der Waals surface area contributed by atoms with Gasteiger partial charge in [0, 0.05) is 13.0 Å². The Hall–Kier alpha value is -1.30. The number of hydrogen-bond acceptors (Lipinski definition) is 3. The average molecular weight is 173 g/mol.